The number of methoxy groups -OCH3 is 1. The molecule has 0 spiro atoms. The zero-order valence-electron chi connectivity index (χ0n) is 13.7. The Bertz CT molecular complexity index is 1240. The molecule has 0 radical (unpaired) electrons. The summed E-state index contributed by atoms with van der Waals surface area (Å²) < 4.78 is 12.9. The minimum Gasteiger partial charge on any atom is -0.493 e. The van der Waals surface area contributed by atoms with Crippen molar-refractivity contribution in [3.8, 4) is 22.7 Å². The molecule has 0 aliphatic heterocycles. The van der Waals surface area contributed by atoms with E-state index in [9.17, 15) is 4.79 Å². The molecule has 5 nitrogen and oxygen atoms in total. The summed E-state index contributed by atoms with van der Waals surface area (Å²) in [6, 6.07) is 14.5. The molecule has 0 bridgehead atoms. The monoisotopic (exact) mass is 384 g/mol. The Hall–Kier alpha value is -2.83. The number of hydrogen-bond acceptors (Lipinski definition) is 4. The van der Waals surface area contributed by atoms with Crippen LogP contribution in [-0.4, -0.2) is 16.7 Å². The number of imidazole rings is 1. The van der Waals surface area contributed by atoms with E-state index >= 15 is 0 Å². The maximum atomic E-state index is 12.5. The van der Waals surface area contributed by atoms with Crippen molar-refractivity contribution in [3.05, 3.63) is 74.9 Å². The number of nitrogens with one attached hydrogen (secondary N) is 1. The molecule has 7 heteroatoms. The second-order valence-corrected chi connectivity index (χ2v) is 6.41. The highest BCUT2D eigenvalue weighted by atomic mass is 35.5. The van der Waals surface area contributed by atoms with Gasteiger partial charge in [0.05, 0.1) is 29.1 Å². The number of para-hydroxylation sites is 2. The van der Waals surface area contributed by atoms with E-state index in [0.717, 1.165) is 11.1 Å². The molecular formula is C19H13ClN2O3S. The van der Waals surface area contributed by atoms with Crippen LogP contribution in [0.2, 0.25) is 5.02 Å². The van der Waals surface area contributed by atoms with Crippen LogP contribution in [0.4, 0.5) is 0 Å². The summed E-state index contributed by atoms with van der Waals surface area (Å²) in [6.07, 6.45) is 1.74. The number of ether oxygens (including phenoxy) is 1. The van der Waals surface area contributed by atoms with E-state index < -0.39 is 5.63 Å². The number of aromatic amines is 1. The third-order valence-electron chi connectivity index (χ3n) is 4.06. The molecule has 130 valence electrons. The molecule has 2 heterocycles. The second kappa shape index (κ2) is 6.48. The number of benzene rings is 2. The van der Waals surface area contributed by atoms with Crippen LogP contribution in [0.5, 0.6) is 5.75 Å². The Morgan fingerprint density at radius 2 is 2.00 bits per heavy atom. The van der Waals surface area contributed by atoms with Gasteiger partial charge in [0.25, 0.3) is 0 Å². The lowest BCUT2D eigenvalue weighted by atomic mass is 10.1. The molecule has 4 aromatic rings. The van der Waals surface area contributed by atoms with Crippen molar-refractivity contribution in [3.63, 3.8) is 0 Å². The third kappa shape index (κ3) is 2.73. The van der Waals surface area contributed by atoms with Crippen LogP contribution in [0.25, 0.3) is 27.9 Å². The molecule has 26 heavy (non-hydrogen) atoms. The van der Waals surface area contributed by atoms with Gasteiger partial charge in [0.2, 0.25) is 0 Å². The van der Waals surface area contributed by atoms with Crippen molar-refractivity contribution in [2.45, 2.75) is 0 Å². The van der Waals surface area contributed by atoms with Crippen LogP contribution in [-0.2, 0) is 0 Å². The normalized spacial score (nSPS) is 11.0. The fourth-order valence-corrected chi connectivity index (χ4v) is 3.31. The van der Waals surface area contributed by atoms with Gasteiger partial charge in [0.1, 0.15) is 0 Å². The number of fused-ring (bicyclic) bond motifs is 1. The first kappa shape index (κ1) is 16.6. The zero-order valence-corrected chi connectivity index (χ0v) is 15.2. The Balaban J connectivity index is 1.91. The predicted molar refractivity (Wildman–Crippen MR) is 104 cm³/mol. The third-order valence-corrected chi connectivity index (χ3v) is 4.68. The molecule has 1 N–H and O–H groups in total. The Kier molecular flexibility index (Phi) is 4.14. The van der Waals surface area contributed by atoms with Gasteiger partial charge in [0, 0.05) is 11.6 Å². The highest BCUT2D eigenvalue weighted by molar-refractivity contribution is 7.71. The van der Waals surface area contributed by atoms with Gasteiger partial charge in [-0.15, -0.1) is 0 Å². The first-order valence-electron chi connectivity index (χ1n) is 7.76. The van der Waals surface area contributed by atoms with Gasteiger partial charge in [0.15, 0.2) is 16.1 Å². The fraction of sp³-hybridized carbons (Fsp3) is 0.0526. The fourth-order valence-electron chi connectivity index (χ4n) is 2.82. The van der Waals surface area contributed by atoms with Gasteiger partial charge in [-0.1, -0.05) is 35.9 Å². The second-order valence-electron chi connectivity index (χ2n) is 5.62. The van der Waals surface area contributed by atoms with Crippen LogP contribution >= 0.6 is 23.8 Å². The number of aromatic nitrogens is 2. The Morgan fingerprint density at radius 1 is 1.19 bits per heavy atom. The van der Waals surface area contributed by atoms with Gasteiger partial charge in [-0.25, -0.2) is 4.79 Å². The summed E-state index contributed by atoms with van der Waals surface area (Å²) >= 11 is 11.6. The maximum Gasteiger partial charge on any atom is 0.345 e. The van der Waals surface area contributed by atoms with Crippen LogP contribution in [0, 0.1) is 4.77 Å². The topological polar surface area (TPSA) is 60.2 Å². The number of halogens is 1. The Labute approximate surface area is 158 Å². The van der Waals surface area contributed by atoms with E-state index in [0.29, 0.717) is 32.4 Å². The molecule has 0 atom stereocenters. The minimum atomic E-state index is -0.482. The van der Waals surface area contributed by atoms with Crippen molar-refractivity contribution < 1.29 is 9.15 Å². The molecular weight excluding hydrogens is 372 g/mol. The van der Waals surface area contributed by atoms with Crippen LogP contribution < -0.4 is 10.4 Å². The number of H-pyrrole nitrogens is 1. The smallest absolute Gasteiger partial charge is 0.345 e. The zero-order chi connectivity index (χ0) is 18.3. The summed E-state index contributed by atoms with van der Waals surface area (Å²) in [7, 11) is 1.53. The summed E-state index contributed by atoms with van der Waals surface area (Å²) in [5.74, 6) is 0.507. The van der Waals surface area contributed by atoms with Crippen molar-refractivity contribution >= 4 is 34.8 Å². The first-order chi connectivity index (χ1) is 12.6. The molecule has 0 aliphatic carbocycles. The average molecular weight is 385 g/mol. The van der Waals surface area contributed by atoms with Crippen molar-refractivity contribution in [1.29, 1.82) is 0 Å². The van der Waals surface area contributed by atoms with Gasteiger partial charge in [-0.2, -0.15) is 0 Å². The largest absolute Gasteiger partial charge is 0.493 e. The van der Waals surface area contributed by atoms with Crippen molar-refractivity contribution in [2.75, 3.05) is 7.11 Å². The standard InChI is InChI=1S/C19H13ClN2O3S/c1-24-16-8-4-5-11-9-12(18(23)25-17(11)16)14-10-22(19(26)21-14)15-7-3-2-6-13(15)20/h2-10H,1H3,(H,21,26). The van der Waals surface area contributed by atoms with Crippen LogP contribution in [0.1, 0.15) is 0 Å². The van der Waals surface area contributed by atoms with E-state index in [1.54, 1.807) is 29.0 Å². The van der Waals surface area contributed by atoms with Crippen LogP contribution in [0.15, 0.2) is 63.9 Å². The highest BCUT2D eigenvalue weighted by Crippen LogP contribution is 2.28. The summed E-state index contributed by atoms with van der Waals surface area (Å²) in [4.78, 5) is 15.6. The number of nitrogens with zero attached hydrogens (tertiary/aromatic N) is 1. The van der Waals surface area contributed by atoms with E-state index in [-0.39, 0.29) is 0 Å². The lowest BCUT2D eigenvalue weighted by Crippen LogP contribution is -2.03. The molecule has 2 aromatic carbocycles. The highest BCUT2D eigenvalue weighted by Gasteiger charge is 2.14. The molecule has 0 unspecified atom stereocenters. The lowest BCUT2D eigenvalue weighted by molar-refractivity contribution is 0.407. The van der Waals surface area contributed by atoms with Gasteiger partial charge in [-0.3, -0.25) is 4.57 Å². The van der Waals surface area contributed by atoms with E-state index in [1.807, 2.05) is 30.3 Å². The SMILES string of the molecule is COc1cccc2cc(-c3cn(-c4ccccc4Cl)c(=S)[nH]3)c(=O)oc12. The molecule has 0 saturated carbocycles. The van der Waals surface area contributed by atoms with Crippen molar-refractivity contribution in [2.24, 2.45) is 0 Å². The lowest BCUT2D eigenvalue weighted by Gasteiger charge is -2.05. The Morgan fingerprint density at radius 3 is 2.77 bits per heavy atom. The molecule has 0 amide bonds. The van der Waals surface area contributed by atoms with E-state index in [2.05, 4.69) is 4.98 Å². The van der Waals surface area contributed by atoms with Gasteiger partial charge < -0.3 is 14.1 Å². The molecule has 0 saturated heterocycles. The summed E-state index contributed by atoms with van der Waals surface area (Å²) in [5.41, 5.74) is 1.59. The van der Waals surface area contributed by atoms with E-state index in [4.69, 9.17) is 33.0 Å². The summed E-state index contributed by atoms with van der Waals surface area (Å²) in [6.45, 7) is 0. The minimum absolute atomic E-state index is 0.377. The number of hydrogen-bond donors (Lipinski definition) is 1. The predicted octanol–water partition coefficient (Wildman–Crippen LogP) is 4.97. The van der Waals surface area contributed by atoms with Crippen molar-refractivity contribution in [1.82, 2.24) is 9.55 Å². The van der Waals surface area contributed by atoms with E-state index in [1.165, 1.54) is 7.11 Å². The average Bonchev–Trinajstić information content (AvgIpc) is 3.02. The van der Waals surface area contributed by atoms with Gasteiger partial charge >= 0.3 is 5.63 Å². The summed E-state index contributed by atoms with van der Waals surface area (Å²) in [5, 5.41) is 1.31. The molecule has 0 aliphatic rings. The molecule has 2 aromatic heterocycles. The maximum absolute atomic E-state index is 12.5. The van der Waals surface area contributed by atoms with Crippen LogP contribution in [0.3, 0.4) is 0 Å². The number of rotatable bonds is 3. The molecule has 4 rings (SSSR count). The molecule has 0 fully saturated rings. The quantitative estimate of drug-likeness (QED) is 0.400. The first-order valence-corrected chi connectivity index (χ1v) is 8.55. The van der Waals surface area contributed by atoms with Gasteiger partial charge in [-0.05, 0) is 36.5 Å².